The Morgan fingerprint density at radius 1 is 0.861 bits per heavy atom. The highest BCUT2D eigenvalue weighted by Crippen LogP contribution is 2.48. The third kappa shape index (κ3) is 8.97. The van der Waals surface area contributed by atoms with E-state index in [4.69, 9.17) is 30.1 Å². The minimum atomic E-state index is -0.597. The molecular formula is C50H60FN15O6. The number of ether oxygens (including phenoxy) is 1. The molecular weight excluding hydrogens is 926 g/mol. The predicted octanol–water partition coefficient (Wildman–Crippen LogP) is 5.08. The van der Waals surface area contributed by atoms with E-state index in [1.165, 1.54) is 11.0 Å². The summed E-state index contributed by atoms with van der Waals surface area (Å²) in [6.45, 7) is 11.8. The number of aromatic nitrogens is 9. The summed E-state index contributed by atoms with van der Waals surface area (Å²) in [4.78, 5) is 77.1. The van der Waals surface area contributed by atoms with Crippen LogP contribution in [0.4, 0.5) is 20.7 Å². The number of nitrogens with two attached hydrogens (primary N) is 1. The number of aryl methyl sites for hydroxylation is 1. The van der Waals surface area contributed by atoms with Gasteiger partial charge < -0.3 is 29.7 Å². The van der Waals surface area contributed by atoms with Crippen LogP contribution < -0.4 is 16.0 Å². The molecule has 9 heterocycles. The molecule has 4 amide bonds. The van der Waals surface area contributed by atoms with Gasteiger partial charge in [-0.05, 0) is 95.2 Å². The van der Waals surface area contributed by atoms with E-state index in [9.17, 15) is 19.2 Å². The number of hydrogen-bond donors (Lipinski definition) is 2. The number of rotatable bonds is 10. The first-order valence-electron chi connectivity index (χ1n) is 25.2. The summed E-state index contributed by atoms with van der Waals surface area (Å²) >= 11 is 0. The van der Waals surface area contributed by atoms with Gasteiger partial charge in [-0.25, -0.2) is 33.8 Å². The number of anilines is 2. The Morgan fingerprint density at radius 3 is 2.28 bits per heavy atom. The summed E-state index contributed by atoms with van der Waals surface area (Å²) in [5.74, 6) is 0.439. The fourth-order valence-corrected chi connectivity index (χ4v) is 11.0. The van der Waals surface area contributed by atoms with Crippen molar-refractivity contribution < 1.29 is 32.8 Å². The Bertz CT molecular complexity index is 3060. The van der Waals surface area contributed by atoms with Crippen LogP contribution in [0.3, 0.4) is 0 Å². The van der Waals surface area contributed by atoms with E-state index in [1.807, 2.05) is 43.9 Å². The fraction of sp³-hybridized carbons (Fsp3) is 0.540. The number of benzene rings is 1. The average Bonchev–Trinajstić information content (AvgIpc) is 3.84. The first-order chi connectivity index (χ1) is 34.7. The fourth-order valence-electron chi connectivity index (χ4n) is 11.0. The molecule has 0 bridgehead atoms. The number of piperazine rings is 1. The number of carbonyl (C=O) groups is 4. The van der Waals surface area contributed by atoms with Crippen LogP contribution >= 0.6 is 0 Å². The monoisotopic (exact) mass is 985 g/mol. The third-order valence-electron chi connectivity index (χ3n) is 15.2. The van der Waals surface area contributed by atoms with Gasteiger partial charge in [0.2, 0.25) is 11.8 Å². The molecule has 5 aliphatic rings. The Balaban J connectivity index is 0.633. The summed E-state index contributed by atoms with van der Waals surface area (Å²) in [6.07, 6.45) is 10.3. The van der Waals surface area contributed by atoms with Gasteiger partial charge in [0.15, 0.2) is 29.7 Å². The van der Waals surface area contributed by atoms with E-state index in [-0.39, 0.29) is 42.5 Å². The highest BCUT2D eigenvalue weighted by molar-refractivity contribution is 6.03. The molecule has 0 radical (unpaired) electrons. The average molecular weight is 986 g/mol. The molecule has 3 N–H and O–H groups in total. The second-order valence-electron chi connectivity index (χ2n) is 21.0. The number of nitrogens with zero attached hydrogens (tertiary/aromatic N) is 13. The van der Waals surface area contributed by atoms with Crippen molar-refractivity contribution in [2.75, 3.05) is 76.1 Å². The number of hydrogen-bond acceptors (Lipinski definition) is 16. The third-order valence-corrected chi connectivity index (χ3v) is 15.2. The molecule has 21 nitrogen and oxygen atoms in total. The molecule has 4 aliphatic heterocycles. The molecule has 5 fully saturated rings. The van der Waals surface area contributed by atoms with Crippen molar-refractivity contribution in [2.24, 2.45) is 13.0 Å². The first-order valence-corrected chi connectivity index (χ1v) is 25.2. The maximum atomic E-state index is 16.1. The van der Waals surface area contributed by atoms with Crippen molar-refractivity contribution in [2.45, 2.75) is 95.4 Å². The second kappa shape index (κ2) is 18.8. The number of amides is 4. The molecule has 1 unspecified atom stereocenters. The molecule has 6 aromatic rings. The van der Waals surface area contributed by atoms with Crippen LogP contribution in [0, 0.1) is 11.7 Å². The van der Waals surface area contributed by atoms with E-state index in [1.54, 1.807) is 22.9 Å². The summed E-state index contributed by atoms with van der Waals surface area (Å²) in [5, 5.41) is 17.6. The van der Waals surface area contributed by atoms with Crippen LogP contribution in [0.2, 0.25) is 0 Å². The molecule has 1 aliphatic carbocycles. The number of fused-ring (bicyclic) bond motifs is 2. The Kier molecular flexibility index (Phi) is 12.3. The molecule has 5 aromatic heterocycles. The zero-order chi connectivity index (χ0) is 50.0. The molecule has 1 saturated carbocycles. The minimum Gasteiger partial charge on any atom is -0.439 e. The van der Waals surface area contributed by atoms with E-state index >= 15 is 4.39 Å². The molecule has 1 atom stereocenters. The van der Waals surface area contributed by atoms with Gasteiger partial charge in [0.1, 0.15) is 29.0 Å². The summed E-state index contributed by atoms with van der Waals surface area (Å²) < 4.78 is 31.0. The number of carbonyl (C=O) groups excluding carboxylic acids is 4. The Morgan fingerprint density at radius 2 is 1.58 bits per heavy atom. The lowest BCUT2D eigenvalue weighted by Gasteiger charge is -2.39. The molecule has 378 valence electrons. The first kappa shape index (κ1) is 47.2. The van der Waals surface area contributed by atoms with Crippen LogP contribution in [-0.2, 0) is 31.7 Å². The van der Waals surface area contributed by atoms with E-state index < -0.39 is 23.5 Å². The zero-order valence-corrected chi connectivity index (χ0v) is 41.1. The van der Waals surface area contributed by atoms with E-state index in [0.717, 1.165) is 56.6 Å². The van der Waals surface area contributed by atoms with Gasteiger partial charge in [0.25, 0.3) is 5.91 Å². The van der Waals surface area contributed by atoms with Crippen LogP contribution in [0.25, 0.3) is 44.7 Å². The highest BCUT2D eigenvalue weighted by atomic mass is 19.1. The topological polar surface area (TPSA) is 242 Å². The van der Waals surface area contributed by atoms with Crippen LogP contribution in [0.15, 0.2) is 35.4 Å². The lowest BCUT2D eigenvalue weighted by Crippen LogP contribution is -2.49. The van der Waals surface area contributed by atoms with Gasteiger partial charge in [0, 0.05) is 96.1 Å². The molecule has 0 spiro atoms. The summed E-state index contributed by atoms with van der Waals surface area (Å²) in [5.41, 5.74) is 10.7. The molecule has 4 saturated heterocycles. The smallest absolute Gasteiger partial charge is 0.410 e. The van der Waals surface area contributed by atoms with Crippen molar-refractivity contribution in [3.63, 3.8) is 0 Å². The highest BCUT2D eigenvalue weighted by Gasteiger charge is 2.38. The van der Waals surface area contributed by atoms with Crippen molar-refractivity contribution in [1.29, 1.82) is 0 Å². The number of piperidine rings is 3. The minimum absolute atomic E-state index is 0.136. The van der Waals surface area contributed by atoms with Crippen LogP contribution in [0.1, 0.15) is 107 Å². The van der Waals surface area contributed by atoms with Crippen LogP contribution in [-0.4, -0.2) is 149 Å². The molecule has 22 heteroatoms. The maximum Gasteiger partial charge on any atom is 0.410 e. The van der Waals surface area contributed by atoms with Crippen molar-refractivity contribution in [3.05, 3.63) is 53.7 Å². The van der Waals surface area contributed by atoms with Crippen LogP contribution in [0.5, 0.6) is 0 Å². The lowest BCUT2D eigenvalue weighted by atomic mass is 9.91. The number of likely N-dealkylation sites (tertiary alicyclic amines) is 2. The standard InChI is InChI=1S/C50H60FN15O6/c1-50(2,3)66-47-38(45(52)55-27-56-47)41(59-66)42-37(44(72-60-42)30-5-6-30)46-53-23-31(24-54-46)29-13-17-65(18-14-29)49(70)71-26-36(68)64-15-11-28(12-16-64)25-62-19-21-63(22-20-62)34-9-7-32-40(58-61(4)43(32)39(34)51)33-8-10-35(67)57-48(33)69/h7,9,23-24,27-30,33H,5-6,8,10-22,25-26H2,1-4H3,(H2,52,55,56)(H,57,67,69). The van der Waals surface area contributed by atoms with Gasteiger partial charge in [0.05, 0.1) is 33.8 Å². The lowest BCUT2D eigenvalue weighted by molar-refractivity contribution is -0.136. The SMILES string of the molecule is Cn1nc(C2CCC(=O)NC2=O)c2ccc(N3CCN(CC4CCN(C(=O)COC(=O)N5CCC(c6cnc(-c7c(-c8nn(C(C)(C)C)c9ncnc(N)c89)noc7C7CC7)nc6)CC5)CC4)CC3)c(F)c21. The van der Waals surface area contributed by atoms with Gasteiger partial charge >= 0.3 is 6.09 Å². The number of halogens is 1. The number of imide groups is 1. The van der Waals surface area contributed by atoms with Gasteiger partial charge in [-0.15, -0.1) is 0 Å². The Hall–Kier alpha value is -7.10. The van der Waals surface area contributed by atoms with Gasteiger partial charge in [-0.2, -0.15) is 10.2 Å². The maximum absolute atomic E-state index is 16.1. The zero-order valence-electron chi connectivity index (χ0n) is 41.1. The number of nitrogens with one attached hydrogen (secondary N) is 1. The van der Waals surface area contributed by atoms with E-state index in [2.05, 4.69) is 35.3 Å². The van der Waals surface area contributed by atoms with Crippen molar-refractivity contribution >= 4 is 57.3 Å². The number of nitrogen functional groups attached to an aromatic ring is 1. The van der Waals surface area contributed by atoms with Crippen molar-refractivity contribution in [1.82, 2.24) is 64.7 Å². The van der Waals surface area contributed by atoms with Gasteiger partial charge in [-0.1, -0.05) is 5.16 Å². The molecule has 1 aromatic carbocycles. The quantitative estimate of drug-likeness (QED) is 0.170. The van der Waals surface area contributed by atoms with E-state index in [0.29, 0.717) is 126 Å². The molecule has 11 rings (SSSR count). The normalized spacial score (nSPS) is 20.0. The predicted molar refractivity (Wildman–Crippen MR) is 262 cm³/mol. The molecule has 72 heavy (non-hydrogen) atoms. The summed E-state index contributed by atoms with van der Waals surface area (Å²) in [6, 6.07) is 3.61. The second-order valence-corrected chi connectivity index (χ2v) is 21.0. The van der Waals surface area contributed by atoms with Gasteiger partial charge in [-0.3, -0.25) is 29.3 Å². The summed E-state index contributed by atoms with van der Waals surface area (Å²) in [7, 11) is 1.68. The van der Waals surface area contributed by atoms with Crippen molar-refractivity contribution in [3.8, 4) is 22.8 Å². The largest absolute Gasteiger partial charge is 0.439 e. The Labute approximate surface area is 414 Å².